The molecule has 0 radical (unpaired) electrons. The number of carbonyl (C=O) groups is 2. The van der Waals surface area contributed by atoms with Crippen LogP contribution in [0.5, 0.6) is 0 Å². The second-order valence-electron chi connectivity index (χ2n) is 4.62. The number of nitrogens with two attached hydrogens (primary N) is 1. The smallest absolute Gasteiger partial charge is 0.410 e. The molecule has 0 aliphatic rings. The van der Waals surface area contributed by atoms with Gasteiger partial charge in [0.1, 0.15) is 11.5 Å². The normalized spacial score (nSPS) is 10.0. The van der Waals surface area contributed by atoms with Crippen LogP contribution >= 0.6 is 0 Å². The Hall–Kier alpha value is -3.69. The van der Waals surface area contributed by atoms with Crippen molar-refractivity contribution in [3.05, 3.63) is 52.1 Å². The monoisotopic (exact) mass is 331 g/mol. The van der Waals surface area contributed by atoms with E-state index in [4.69, 9.17) is 10.8 Å². The number of benzene rings is 1. The second kappa shape index (κ2) is 7.05. The van der Waals surface area contributed by atoms with Gasteiger partial charge in [-0.15, -0.1) is 0 Å². The van der Waals surface area contributed by atoms with E-state index in [0.29, 0.717) is 5.56 Å². The first-order chi connectivity index (χ1) is 11.4. The first-order valence-corrected chi connectivity index (χ1v) is 6.65. The van der Waals surface area contributed by atoms with Gasteiger partial charge in [0, 0.05) is 11.6 Å². The summed E-state index contributed by atoms with van der Waals surface area (Å²) in [4.78, 5) is 36.7. The molecule has 0 unspecified atom stereocenters. The molecule has 1 aromatic carbocycles. The van der Waals surface area contributed by atoms with Crippen molar-refractivity contribution >= 4 is 34.9 Å². The van der Waals surface area contributed by atoms with Crippen LogP contribution in [0.2, 0.25) is 0 Å². The number of nitrogens with one attached hydrogen (secondary N) is 2. The molecule has 2 rings (SSSR count). The predicted octanol–water partition coefficient (Wildman–Crippen LogP) is 1.96. The molecule has 2 aromatic rings. The number of carbonyl (C=O) groups excluding carboxylic acids is 1. The molecule has 0 fully saturated rings. The lowest BCUT2D eigenvalue weighted by Crippen LogP contribution is -2.17. The number of Topliss-reactive ketones (excluding diaryl/α,β-unsaturated/α-hetero) is 1. The van der Waals surface area contributed by atoms with Gasteiger partial charge in [-0.3, -0.25) is 20.2 Å². The SMILES string of the molecule is Nc1nc(NC(=O)O)cc(NCC(=O)c2ccccc2)c1[N+](=O)[O-]. The first-order valence-electron chi connectivity index (χ1n) is 6.65. The van der Waals surface area contributed by atoms with Gasteiger partial charge in [-0.05, 0) is 0 Å². The second-order valence-corrected chi connectivity index (χ2v) is 4.62. The Kier molecular flexibility index (Phi) is 4.90. The van der Waals surface area contributed by atoms with Crippen LogP contribution in [0.1, 0.15) is 10.4 Å². The Labute approximate surface area is 135 Å². The number of pyridine rings is 1. The lowest BCUT2D eigenvalue weighted by atomic mass is 10.1. The molecule has 0 saturated heterocycles. The van der Waals surface area contributed by atoms with Gasteiger partial charge in [0.2, 0.25) is 5.82 Å². The molecule has 0 spiro atoms. The summed E-state index contributed by atoms with van der Waals surface area (Å²) in [5.41, 5.74) is 5.29. The molecular weight excluding hydrogens is 318 g/mol. The highest BCUT2D eigenvalue weighted by Crippen LogP contribution is 2.31. The summed E-state index contributed by atoms with van der Waals surface area (Å²) in [5.74, 6) is -0.964. The molecule has 0 saturated carbocycles. The van der Waals surface area contributed by atoms with Crippen molar-refractivity contribution in [3.63, 3.8) is 0 Å². The standard InChI is InChI=1S/C14H13N5O5/c15-13-12(19(23)24)9(6-11(17-13)18-14(21)22)16-7-10(20)8-4-2-1-3-5-8/h1-6H,7H2,(H,21,22)(H4,15,16,17,18). The fourth-order valence-corrected chi connectivity index (χ4v) is 1.96. The van der Waals surface area contributed by atoms with E-state index in [2.05, 4.69) is 10.3 Å². The van der Waals surface area contributed by atoms with Gasteiger partial charge in [-0.2, -0.15) is 0 Å². The van der Waals surface area contributed by atoms with E-state index in [1.165, 1.54) is 0 Å². The Morgan fingerprint density at radius 2 is 1.96 bits per heavy atom. The number of carboxylic acid groups (broad SMARTS) is 1. The van der Waals surface area contributed by atoms with Crippen molar-refractivity contribution in [3.8, 4) is 0 Å². The number of hydrogen-bond acceptors (Lipinski definition) is 7. The van der Waals surface area contributed by atoms with Gasteiger partial charge in [-0.1, -0.05) is 30.3 Å². The highest BCUT2D eigenvalue weighted by molar-refractivity contribution is 5.99. The van der Waals surface area contributed by atoms with Crippen molar-refractivity contribution < 1.29 is 19.6 Å². The zero-order chi connectivity index (χ0) is 17.7. The quantitative estimate of drug-likeness (QED) is 0.355. The van der Waals surface area contributed by atoms with Crippen LogP contribution < -0.4 is 16.4 Å². The number of nitrogen functional groups attached to an aromatic ring is 1. The lowest BCUT2D eigenvalue weighted by Gasteiger charge is -2.10. The van der Waals surface area contributed by atoms with E-state index in [1.54, 1.807) is 30.3 Å². The van der Waals surface area contributed by atoms with Gasteiger partial charge in [-0.25, -0.2) is 9.78 Å². The third kappa shape index (κ3) is 3.94. The number of nitrogens with zero attached hydrogens (tertiary/aromatic N) is 2. The third-order valence-corrected chi connectivity index (χ3v) is 2.97. The van der Waals surface area contributed by atoms with Crippen molar-refractivity contribution in [2.75, 3.05) is 22.9 Å². The highest BCUT2D eigenvalue weighted by atomic mass is 16.6. The number of rotatable bonds is 6. The zero-order valence-electron chi connectivity index (χ0n) is 12.2. The molecule has 1 aromatic heterocycles. The van der Waals surface area contributed by atoms with E-state index in [9.17, 15) is 19.7 Å². The predicted molar refractivity (Wildman–Crippen MR) is 86.2 cm³/mol. The summed E-state index contributed by atoms with van der Waals surface area (Å²) in [6.45, 7) is -0.235. The number of anilines is 3. The topological polar surface area (TPSA) is 160 Å². The molecule has 10 heteroatoms. The summed E-state index contributed by atoms with van der Waals surface area (Å²) in [6.07, 6.45) is -1.40. The summed E-state index contributed by atoms with van der Waals surface area (Å²) in [5, 5.41) is 24.4. The summed E-state index contributed by atoms with van der Waals surface area (Å²) >= 11 is 0. The van der Waals surface area contributed by atoms with Gasteiger partial charge >= 0.3 is 11.8 Å². The van der Waals surface area contributed by atoms with Gasteiger partial charge in [0.25, 0.3) is 0 Å². The van der Waals surface area contributed by atoms with Gasteiger partial charge in [0.05, 0.1) is 11.5 Å². The van der Waals surface area contributed by atoms with Crippen molar-refractivity contribution in [1.82, 2.24) is 4.98 Å². The van der Waals surface area contributed by atoms with Crippen LogP contribution in [0.4, 0.5) is 27.8 Å². The molecular formula is C14H13N5O5. The highest BCUT2D eigenvalue weighted by Gasteiger charge is 2.22. The number of aromatic nitrogens is 1. The van der Waals surface area contributed by atoms with Crippen molar-refractivity contribution in [2.45, 2.75) is 0 Å². The Morgan fingerprint density at radius 1 is 1.29 bits per heavy atom. The van der Waals surface area contributed by atoms with Crippen molar-refractivity contribution in [2.24, 2.45) is 0 Å². The average Bonchev–Trinajstić information content (AvgIpc) is 2.52. The Bertz CT molecular complexity index is 794. The number of ketones is 1. The van der Waals surface area contributed by atoms with Crippen LogP contribution in [0.25, 0.3) is 0 Å². The van der Waals surface area contributed by atoms with Crippen molar-refractivity contribution in [1.29, 1.82) is 0 Å². The maximum Gasteiger partial charge on any atom is 0.410 e. The fraction of sp³-hybridized carbons (Fsp3) is 0.0714. The van der Waals surface area contributed by atoms with Crippen LogP contribution in [0.3, 0.4) is 0 Å². The van der Waals surface area contributed by atoms with E-state index >= 15 is 0 Å². The van der Waals surface area contributed by atoms with Crippen LogP contribution in [0.15, 0.2) is 36.4 Å². The van der Waals surface area contributed by atoms with E-state index < -0.39 is 22.5 Å². The average molecular weight is 331 g/mol. The molecule has 0 bridgehead atoms. The minimum Gasteiger partial charge on any atom is -0.465 e. The summed E-state index contributed by atoms with van der Waals surface area (Å²) in [7, 11) is 0. The molecule has 0 aliphatic heterocycles. The minimum atomic E-state index is -1.40. The van der Waals surface area contributed by atoms with Crippen LogP contribution in [-0.2, 0) is 0 Å². The van der Waals surface area contributed by atoms with E-state index in [0.717, 1.165) is 6.07 Å². The molecule has 0 atom stereocenters. The molecule has 1 heterocycles. The number of nitro groups is 1. The number of hydrogen-bond donors (Lipinski definition) is 4. The minimum absolute atomic E-state index is 0.111. The zero-order valence-corrected chi connectivity index (χ0v) is 12.2. The lowest BCUT2D eigenvalue weighted by molar-refractivity contribution is -0.383. The van der Waals surface area contributed by atoms with Gasteiger partial charge in [0.15, 0.2) is 5.78 Å². The first kappa shape index (κ1) is 16.7. The van der Waals surface area contributed by atoms with Gasteiger partial charge < -0.3 is 16.2 Å². The molecule has 124 valence electrons. The number of amides is 1. The van der Waals surface area contributed by atoms with Crippen LogP contribution in [0, 0.1) is 10.1 Å². The van der Waals surface area contributed by atoms with E-state index in [-0.39, 0.29) is 23.8 Å². The molecule has 5 N–H and O–H groups in total. The summed E-state index contributed by atoms with van der Waals surface area (Å²) in [6, 6.07) is 9.45. The fourth-order valence-electron chi connectivity index (χ4n) is 1.96. The van der Waals surface area contributed by atoms with Crippen LogP contribution in [-0.4, -0.2) is 33.4 Å². The Morgan fingerprint density at radius 3 is 2.54 bits per heavy atom. The molecule has 1 amide bonds. The third-order valence-electron chi connectivity index (χ3n) is 2.97. The largest absolute Gasteiger partial charge is 0.465 e. The molecule has 24 heavy (non-hydrogen) atoms. The maximum atomic E-state index is 12.1. The maximum absolute atomic E-state index is 12.1. The summed E-state index contributed by atoms with van der Waals surface area (Å²) < 4.78 is 0. The molecule has 0 aliphatic carbocycles. The van der Waals surface area contributed by atoms with E-state index in [1.807, 2.05) is 5.32 Å². The Balaban J connectivity index is 2.26. The molecule has 10 nitrogen and oxygen atoms in total.